The lowest BCUT2D eigenvalue weighted by Gasteiger charge is -2.28. The average Bonchev–Trinajstić information content (AvgIpc) is 2.69. The van der Waals surface area contributed by atoms with E-state index in [4.69, 9.17) is 5.11 Å². The molecule has 0 spiro atoms. The van der Waals surface area contributed by atoms with Gasteiger partial charge >= 0.3 is 5.97 Å². The number of hydrogen-bond donors (Lipinski definition) is 1. The summed E-state index contributed by atoms with van der Waals surface area (Å²) in [5.74, 6) is -0.766. The lowest BCUT2D eigenvalue weighted by molar-refractivity contribution is -0.143. The van der Waals surface area contributed by atoms with Crippen molar-refractivity contribution >= 4 is 21.9 Å². The molecule has 2 rings (SSSR count). The molecule has 1 aromatic carbocycles. The van der Waals surface area contributed by atoms with Crippen LogP contribution in [0.5, 0.6) is 0 Å². The van der Waals surface area contributed by atoms with Gasteiger partial charge in [-0.15, -0.1) is 0 Å². The number of carboxylic acids is 1. The van der Waals surface area contributed by atoms with E-state index in [1.54, 1.807) is 6.92 Å². The molecule has 0 saturated carbocycles. The smallest absolute Gasteiger partial charge is 0.320 e. The molecule has 4 heteroatoms. The van der Waals surface area contributed by atoms with E-state index in [-0.39, 0.29) is 6.04 Å². The summed E-state index contributed by atoms with van der Waals surface area (Å²) < 4.78 is 1.09. The van der Waals surface area contributed by atoms with Crippen LogP contribution in [0.2, 0.25) is 0 Å². The van der Waals surface area contributed by atoms with Crippen LogP contribution < -0.4 is 0 Å². The van der Waals surface area contributed by atoms with Gasteiger partial charge in [0.1, 0.15) is 6.04 Å². The minimum Gasteiger partial charge on any atom is -0.480 e. The Morgan fingerprint density at radius 2 is 2.29 bits per heavy atom. The molecule has 0 bridgehead atoms. The van der Waals surface area contributed by atoms with E-state index in [0.717, 1.165) is 17.3 Å². The largest absolute Gasteiger partial charge is 0.480 e. The van der Waals surface area contributed by atoms with Crippen LogP contribution in [-0.2, 0) is 11.2 Å². The van der Waals surface area contributed by atoms with Gasteiger partial charge in [-0.25, -0.2) is 0 Å². The highest BCUT2D eigenvalue weighted by Gasteiger charge is 2.30. The molecule has 0 heterocycles. The summed E-state index contributed by atoms with van der Waals surface area (Å²) in [6, 6.07) is 6.03. The van der Waals surface area contributed by atoms with Crippen LogP contribution in [0.3, 0.4) is 0 Å². The molecule has 2 atom stereocenters. The van der Waals surface area contributed by atoms with Crippen molar-refractivity contribution in [1.82, 2.24) is 4.90 Å². The van der Waals surface area contributed by atoms with Crippen LogP contribution in [0, 0.1) is 0 Å². The number of nitrogens with zero attached hydrogens (tertiary/aromatic N) is 1. The Morgan fingerprint density at radius 3 is 2.94 bits per heavy atom. The fraction of sp³-hybridized carbons (Fsp3) is 0.462. The molecule has 3 nitrogen and oxygen atoms in total. The average molecular weight is 298 g/mol. The van der Waals surface area contributed by atoms with Crippen molar-refractivity contribution in [2.24, 2.45) is 0 Å². The lowest BCUT2D eigenvalue weighted by atomic mass is 10.1. The Hall–Kier alpha value is -0.870. The van der Waals surface area contributed by atoms with Gasteiger partial charge in [-0.2, -0.15) is 0 Å². The van der Waals surface area contributed by atoms with E-state index in [0.29, 0.717) is 0 Å². The van der Waals surface area contributed by atoms with Crippen molar-refractivity contribution < 1.29 is 9.90 Å². The molecule has 1 N–H and O–H groups in total. The van der Waals surface area contributed by atoms with Gasteiger partial charge in [0.25, 0.3) is 0 Å². The normalized spacial score (nSPS) is 20.4. The molecule has 17 heavy (non-hydrogen) atoms. The zero-order chi connectivity index (χ0) is 12.6. The van der Waals surface area contributed by atoms with Gasteiger partial charge in [0.05, 0.1) is 0 Å². The summed E-state index contributed by atoms with van der Waals surface area (Å²) in [4.78, 5) is 13.0. The number of likely N-dealkylation sites (N-methyl/N-ethyl adjacent to an activating group) is 1. The highest BCUT2D eigenvalue weighted by molar-refractivity contribution is 9.10. The first kappa shape index (κ1) is 12.6. The fourth-order valence-electron chi connectivity index (χ4n) is 2.43. The number of rotatable bonds is 3. The van der Waals surface area contributed by atoms with Gasteiger partial charge in [-0.3, -0.25) is 9.69 Å². The first-order valence-corrected chi connectivity index (χ1v) is 6.53. The highest BCUT2D eigenvalue weighted by atomic mass is 79.9. The molecule has 92 valence electrons. The Morgan fingerprint density at radius 1 is 1.59 bits per heavy atom. The van der Waals surface area contributed by atoms with Gasteiger partial charge in [0, 0.05) is 10.5 Å². The quantitative estimate of drug-likeness (QED) is 0.933. The summed E-state index contributed by atoms with van der Waals surface area (Å²) in [5, 5.41) is 9.06. The van der Waals surface area contributed by atoms with Gasteiger partial charge < -0.3 is 5.11 Å². The Balaban J connectivity index is 2.25. The number of carboxylic acid groups (broad SMARTS) is 1. The number of aryl methyl sites for hydroxylation is 1. The molecule has 2 unspecified atom stereocenters. The summed E-state index contributed by atoms with van der Waals surface area (Å²) in [6.45, 7) is 1.74. The number of halogens is 1. The second kappa shape index (κ2) is 4.78. The molecule has 1 aliphatic rings. The highest BCUT2D eigenvalue weighted by Crippen LogP contribution is 2.37. The number of fused-ring (bicyclic) bond motifs is 1. The van der Waals surface area contributed by atoms with Gasteiger partial charge in [0.15, 0.2) is 0 Å². The molecular formula is C13H16BrNO2. The van der Waals surface area contributed by atoms with Crippen LogP contribution in [0.15, 0.2) is 22.7 Å². The molecule has 0 saturated heterocycles. The van der Waals surface area contributed by atoms with Crippen LogP contribution in [0.4, 0.5) is 0 Å². The summed E-state index contributed by atoms with van der Waals surface area (Å²) in [7, 11) is 1.89. The molecule has 0 aliphatic heterocycles. The third kappa shape index (κ3) is 2.38. The molecular weight excluding hydrogens is 282 g/mol. The van der Waals surface area contributed by atoms with Gasteiger partial charge in [-0.05, 0) is 50.1 Å². The van der Waals surface area contributed by atoms with E-state index in [1.807, 2.05) is 18.0 Å². The number of hydrogen-bond acceptors (Lipinski definition) is 2. The summed E-state index contributed by atoms with van der Waals surface area (Å²) in [5.41, 5.74) is 2.60. The Bertz CT molecular complexity index is 447. The van der Waals surface area contributed by atoms with Crippen molar-refractivity contribution in [2.75, 3.05) is 7.05 Å². The fourth-order valence-corrected chi connectivity index (χ4v) is 2.84. The minimum absolute atomic E-state index is 0.226. The third-order valence-corrected chi connectivity index (χ3v) is 4.10. The first-order valence-electron chi connectivity index (χ1n) is 5.73. The second-order valence-electron chi connectivity index (χ2n) is 4.58. The van der Waals surface area contributed by atoms with Gasteiger partial charge in [-0.1, -0.05) is 22.0 Å². The zero-order valence-electron chi connectivity index (χ0n) is 9.98. The molecule has 0 aromatic heterocycles. The standard InChI is InChI=1S/C13H16BrNO2/c1-8(13(16)17)15(2)12-6-3-9-7-10(14)4-5-11(9)12/h4-5,7-8,12H,3,6H2,1-2H3,(H,16,17). The maximum absolute atomic E-state index is 11.0. The van der Waals surface area contributed by atoms with E-state index < -0.39 is 12.0 Å². The van der Waals surface area contributed by atoms with Crippen LogP contribution in [0.1, 0.15) is 30.5 Å². The molecule has 0 radical (unpaired) electrons. The summed E-state index contributed by atoms with van der Waals surface area (Å²) >= 11 is 3.47. The Kier molecular flexibility index (Phi) is 3.54. The van der Waals surface area contributed by atoms with Crippen molar-refractivity contribution in [3.63, 3.8) is 0 Å². The van der Waals surface area contributed by atoms with Crippen molar-refractivity contribution in [3.05, 3.63) is 33.8 Å². The molecule has 1 aliphatic carbocycles. The maximum Gasteiger partial charge on any atom is 0.320 e. The molecule has 1 aromatic rings. The van der Waals surface area contributed by atoms with Crippen molar-refractivity contribution in [2.45, 2.75) is 31.8 Å². The van der Waals surface area contributed by atoms with Crippen LogP contribution in [0.25, 0.3) is 0 Å². The maximum atomic E-state index is 11.0. The van der Waals surface area contributed by atoms with E-state index in [2.05, 4.69) is 28.1 Å². The Labute approximate surface area is 110 Å². The van der Waals surface area contributed by atoms with E-state index in [9.17, 15) is 4.79 Å². The van der Waals surface area contributed by atoms with E-state index >= 15 is 0 Å². The number of aliphatic carboxylic acids is 1. The lowest BCUT2D eigenvalue weighted by Crippen LogP contribution is -2.37. The monoisotopic (exact) mass is 297 g/mol. The zero-order valence-corrected chi connectivity index (χ0v) is 11.6. The predicted octanol–water partition coefficient (Wildman–Crippen LogP) is 2.84. The molecule has 0 fully saturated rings. The number of benzene rings is 1. The predicted molar refractivity (Wildman–Crippen MR) is 70.1 cm³/mol. The van der Waals surface area contributed by atoms with Crippen LogP contribution in [-0.4, -0.2) is 29.1 Å². The third-order valence-electron chi connectivity index (χ3n) is 3.61. The van der Waals surface area contributed by atoms with Crippen molar-refractivity contribution in [3.8, 4) is 0 Å². The van der Waals surface area contributed by atoms with Crippen molar-refractivity contribution in [1.29, 1.82) is 0 Å². The summed E-state index contributed by atoms with van der Waals surface area (Å²) in [6.07, 6.45) is 2.02. The first-order chi connectivity index (χ1) is 8.00. The SMILES string of the molecule is CC(C(=O)O)N(C)C1CCc2cc(Br)ccc21. The van der Waals surface area contributed by atoms with E-state index in [1.165, 1.54) is 11.1 Å². The van der Waals surface area contributed by atoms with Gasteiger partial charge in [0.2, 0.25) is 0 Å². The number of carbonyl (C=O) groups is 1. The molecule has 0 amide bonds. The topological polar surface area (TPSA) is 40.5 Å². The van der Waals surface area contributed by atoms with Crippen LogP contribution >= 0.6 is 15.9 Å². The second-order valence-corrected chi connectivity index (χ2v) is 5.49. The minimum atomic E-state index is -0.766.